The van der Waals surface area contributed by atoms with Gasteiger partial charge in [0, 0.05) is 29.9 Å². The van der Waals surface area contributed by atoms with Crippen molar-refractivity contribution in [3.05, 3.63) is 107 Å². The van der Waals surface area contributed by atoms with E-state index in [2.05, 4.69) is 53.4 Å². The van der Waals surface area contributed by atoms with Crippen molar-refractivity contribution in [2.75, 3.05) is 25.5 Å². The highest BCUT2D eigenvalue weighted by Crippen LogP contribution is 2.42. The predicted octanol–water partition coefficient (Wildman–Crippen LogP) is 7.13. The molecule has 0 bridgehead atoms. The lowest BCUT2D eigenvalue weighted by Gasteiger charge is -2.27. The fourth-order valence-electron chi connectivity index (χ4n) is 4.97. The molecule has 1 atom stereocenters. The molecule has 1 heterocycles. The van der Waals surface area contributed by atoms with Crippen LogP contribution in [0.15, 0.2) is 72.9 Å². The Labute approximate surface area is 217 Å². The maximum absolute atomic E-state index is 14.0. The summed E-state index contributed by atoms with van der Waals surface area (Å²) >= 11 is 0. The number of nitrogens with zero attached hydrogens (tertiary/aromatic N) is 3. The van der Waals surface area contributed by atoms with Gasteiger partial charge in [-0.15, -0.1) is 0 Å². The Morgan fingerprint density at radius 2 is 1.78 bits per heavy atom. The number of fused-ring (bicyclic) bond motifs is 3. The third-order valence-electron chi connectivity index (χ3n) is 7.11. The van der Waals surface area contributed by atoms with Crippen LogP contribution in [0.1, 0.15) is 47.9 Å². The number of rotatable bonds is 9. The fourth-order valence-corrected chi connectivity index (χ4v) is 4.97. The first-order chi connectivity index (χ1) is 18.0. The standard InChI is InChI=1S/C31H32F2N4/c1-3-4-16-37(2)17-15-21-9-12-24(13-10-21)35-31-34-20-23-18-27(22-11-14-28(32)29(33)19-22)25-7-5-6-8-26(25)30(23)36-31/h5-14,19-20,27H,3-4,15-18H2,1-2H3,(H,34,35,36)/t27-/m0/s1. The Morgan fingerprint density at radius 1 is 0.973 bits per heavy atom. The largest absolute Gasteiger partial charge is 0.324 e. The molecule has 0 saturated heterocycles. The summed E-state index contributed by atoms with van der Waals surface area (Å²) in [6.07, 6.45) is 5.94. The third kappa shape index (κ3) is 5.70. The molecule has 4 nitrogen and oxygen atoms in total. The van der Waals surface area contributed by atoms with Crippen molar-refractivity contribution in [2.24, 2.45) is 0 Å². The first-order valence-electron chi connectivity index (χ1n) is 13.0. The topological polar surface area (TPSA) is 41.0 Å². The van der Waals surface area contributed by atoms with Crippen molar-refractivity contribution >= 4 is 11.6 Å². The average molecular weight is 499 g/mol. The first kappa shape index (κ1) is 25.0. The van der Waals surface area contributed by atoms with Crippen LogP contribution >= 0.6 is 0 Å². The van der Waals surface area contributed by atoms with E-state index in [1.165, 1.54) is 30.5 Å². The molecule has 0 radical (unpaired) electrons. The van der Waals surface area contributed by atoms with Crippen LogP contribution in [0.3, 0.4) is 0 Å². The minimum absolute atomic E-state index is 0.0882. The van der Waals surface area contributed by atoms with Crippen molar-refractivity contribution < 1.29 is 8.78 Å². The minimum Gasteiger partial charge on any atom is -0.324 e. The normalized spacial score (nSPS) is 14.4. The molecule has 0 unspecified atom stereocenters. The fraction of sp³-hybridized carbons (Fsp3) is 0.290. The van der Waals surface area contributed by atoms with Crippen LogP contribution < -0.4 is 5.32 Å². The molecule has 0 fully saturated rings. The Balaban J connectivity index is 1.33. The molecule has 0 saturated carbocycles. The summed E-state index contributed by atoms with van der Waals surface area (Å²) in [6, 6.07) is 20.6. The van der Waals surface area contributed by atoms with E-state index in [4.69, 9.17) is 4.98 Å². The number of aromatic nitrogens is 2. The second-order valence-electron chi connectivity index (χ2n) is 9.81. The molecule has 1 aromatic heterocycles. The van der Waals surface area contributed by atoms with Gasteiger partial charge in [0.1, 0.15) is 0 Å². The van der Waals surface area contributed by atoms with Crippen molar-refractivity contribution in [1.29, 1.82) is 0 Å². The zero-order chi connectivity index (χ0) is 25.8. The number of likely N-dealkylation sites (N-methyl/N-ethyl adjacent to an activating group) is 1. The van der Waals surface area contributed by atoms with E-state index in [9.17, 15) is 8.78 Å². The van der Waals surface area contributed by atoms with E-state index in [0.717, 1.165) is 53.1 Å². The average Bonchev–Trinajstić information content (AvgIpc) is 2.92. The third-order valence-corrected chi connectivity index (χ3v) is 7.11. The number of anilines is 2. The smallest absolute Gasteiger partial charge is 0.227 e. The van der Waals surface area contributed by atoms with E-state index >= 15 is 0 Å². The van der Waals surface area contributed by atoms with Crippen LogP contribution in [0.2, 0.25) is 0 Å². The number of halogens is 2. The molecular formula is C31H32F2N4. The Hall–Kier alpha value is -3.64. The maximum Gasteiger partial charge on any atom is 0.227 e. The lowest BCUT2D eigenvalue weighted by Crippen LogP contribution is -2.22. The Morgan fingerprint density at radius 3 is 2.57 bits per heavy atom. The Bertz CT molecular complexity index is 1370. The zero-order valence-electron chi connectivity index (χ0n) is 21.3. The van der Waals surface area contributed by atoms with E-state index < -0.39 is 11.6 Å². The van der Waals surface area contributed by atoms with Gasteiger partial charge < -0.3 is 10.2 Å². The molecule has 1 aliphatic rings. The summed E-state index contributed by atoms with van der Waals surface area (Å²) in [5, 5.41) is 3.34. The molecule has 0 spiro atoms. The second-order valence-corrected chi connectivity index (χ2v) is 9.81. The van der Waals surface area contributed by atoms with E-state index in [1.54, 1.807) is 6.07 Å². The second kappa shape index (κ2) is 11.2. The molecule has 6 heteroatoms. The lowest BCUT2D eigenvalue weighted by atomic mass is 9.78. The summed E-state index contributed by atoms with van der Waals surface area (Å²) in [4.78, 5) is 11.8. The van der Waals surface area contributed by atoms with Crippen molar-refractivity contribution in [1.82, 2.24) is 14.9 Å². The van der Waals surface area contributed by atoms with Crippen LogP contribution in [0, 0.1) is 11.6 Å². The summed E-state index contributed by atoms with van der Waals surface area (Å²) in [5.41, 5.74) is 6.89. The number of hydrogen-bond acceptors (Lipinski definition) is 4. The summed E-state index contributed by atoms with van der Waals surface area (Å²) in [7, 11) is 2.18. The highest BCUT2D eigenvalue weighted by Gasteiger charge is 2.28. The summed E-state index contributed by atoms with van der Waals surface area (Å²) < 4.78 is 27.6. The number of hydrogen-bond donors (Lipinski definition) is 1. The molecule has 0 aliphatic heterocycles. The molecule has 190 valence electrons. The van der Waals surface area contributed by atoms with Crippen molar-refractivity contribution in [3.63, 3.8) is 0 Å². The molecule has 37 heavy (non-hydrogen) atoms. The van der Waals surface area contributed by atoms with E-state index in [1.807, 2.05) is 30.5 Å². The molecule has 1 N–H and O–H groups in total. The monoisotopic (exact) mass is 498 g/mol. The number of benzene rings is 3. The van der Waals surface area contributed by atoms with Crippen LogP contribution in [-0.2, 0) is 12.8 Å². The van der Waals surface area contributed by atoms with Gasteiger partial charge in [-0.05, 0) is 79.4 Å². The molecule has 5 rings (SSSR count). The molecule has 4 aromatic rings. The van der Waals surface area contributed by atoms with Crippen molar-refractivity contribution in [3.8, 4) is 11.3 Å². The maximum atomic E-state index is 14.0. The van der Waals surface area contributed by atoms with E-state index in [-0.39, 0.29) is 5.92 Å². The van der Waals surface area contributed by atoms with Gasteiger partial charge in [-0.1, -0.05) is 55.8 Å². The van der Waals surface area contributed by atoms with Gasteiger partial charge in [0.05, 0.1) is 5.69 Å². The predicted molar refractivity (Wildman–Crippen MR) is 145 cm³/mol. The van der Waals surface area contributed by atoms with Gasteiger partial charge in [-0.2, -0.15) is 0 Å². The van der Waals surface area contributed by atoms with Crippen molar-refractivity contribution in [2.45, 2.75) is 38.5 Å². The van der Waals surface area contributed by atoms with Gasteiger partial charge in [0.2, 0.25) is 5.95 Å². The Kier molecular flexibility index (Phi) is 7.56. The van der Waals surface area contributed by atoms with Gasteiger partial charge in [0.25, 0.3) is 0 Å². The van der Waals surface area contributed by atoms with Crippen LogP contribution in [0.5, 0.6) is 0 Å². The molecule has 0 amide bonds. The minimum atomic E-state index is -0.834. The van der Waals surface area contributed by atoms with Gasteiger partial charge in [-0.25, -0.2) is 18.7 Å². The number of unbranched alkanes of at least 4 members (excludes halogenated alkanes) is 1. The highest BCUT2D eigenvalue weighted by atomic mass is 19.2. The zero-order valence-corrected chi connectivity index (χ0v) is 21.3. The summed E-state index contributed by atoms with van der Waals surface area (Å²) in [6.45, 7) is 4.40. The van der Waals surface area contributed by atoms with Gasteiger partial charge in [0.15, 0.2) is 11.6 Å². The van der Waals surface area contributed by atoms with Crippen LogP contribution in [-0.4, -0.2) is 35.0 Å². The quantitative estimate of drug-likeness (QED) is 0.267. The summed E-state index contributed by atoms with van der Waals surface area (Å²) in [5.74, 6) is -1.22. The SMILES string of the molecule is CCCCN(C)CCc1ccc(Nc2ncc3c(n2)-c2ccccc2[C@H](c2ccc(F)c(F)c2)C3)cc1. The van der Waals surface area contributed by atoms with E-state index in [0.29, 0.717) is 12.4 Å². The van der Waals surface area contributed by atoms with Crippen LogP contribution in [0.25, 0.3) is 11.3 Å². The van der Waals surface area contributed by atoms with Crippen LogP contribution in [0.4, 0.5) is 20.4 Å². The number of nitrogens with one attached hydrogen (secondary N) is 1. The van der Waals surface area contributed by atoms with Gasteiger partial charge in [-0.3, -0.25) is 0 Å². The van der Waals surface area contributed by atoms with Gasteiger partial charge >= 0.3 is 0 Å². The molecule has 1 aliphatic carbocycles. The lowest BCUT2D eigenvalue weighted by molar-refractivity contribution is 0.332. The molecule has 3 aromatic carbocycles. The molecular weight excluding hydrogens is 466 g/mol. The first-order valence-corrected chi connectivity index (χ1v) is 13.0. The highest BCUT2D eigenvalue weighted by molar-refractivity contribution is 5.73.